The van der Waals surface area contributed by atoms with Crippen LogP contribution in [0.3, 0.4) is 0 Å². The molecule has 3 aromatic heterocycles. The van der Waals surface area contributed by atoms with Crippen molar-refractivity contribution in [2.24, 2.45) is 0 Å². The summed E-state index contributed by atoms with van der Waals surface area (Å²) in [6.07, 6.45) is 0. The molecule has 0 spiro atoms. The van der Waals surface area contributed by atoms with E-state index in [1.165, 1.54) is 26.9 Å². The lowest BCUT2D eigenvalue weighted by Gasteiger charge is -2.12. The molecule has 0 N–H and O–H groups in total. The molecule has 0 aliphatic carbocycles. The maximum atomic E-state index is 6.62. The van der Waals surface area contributed by atoms with Crippen LogP contribution in [-0.2, 0) is 0 Å². The number of para-hydroxylation sites is 1. The SMILES string of the molecule is c1ccc2cc(-c3ccc4c(c3)oc3cccc(-c5nc(-c6ccc7c(ccc8ccccc87)c6)nc(-c6cccc7c6ccc6oc8ccccc8c67)n5)c34)ccc2c1. The van der Waals surface area contributed by atoms with Gasteiger partial charge in [0, 0.05) is 38.2 Å². The first-order valence-electron chi connectivity index (χ1n) is 20.2. The molecule has 0 unspecified atom stereocenters. The first kappa shape index (κ1) is 32.9. The molecule has 0 aliphatic heterocycles. The molecule has 5 nitrogen and oxygen atoms in total. The zero-order valence-corrected chi connectivity index (χ0v) is 32.1. The Morgan fingerprint density at radius 1 is 0.267 bits per heavy atom. The van der Waals surface area contributed by atoms with Gasteiger partial charge in [0.1, 0.15) is 22.3 Å². The number of benzene rings is 10. The number of rotatable bonds is 4. The molecule has 0 saturated heterocycles. The van der Waals surface area contributed by atoms with Gasteiger partial charge in [-0.1, -0.05) is 140 Å². The summed E-state index contributed by atoms with van der Waals surface area (Å²) < 4.78 is 12.9. The van der Waals surface area contributed by atoms with Crippen molar-refractivity contribution in [1.29, 1.82) is 0 Å². The molecule has 13 aromatic rings. The van der Waals surface area contributed by atoms with Gasteiger partial charge in [-0.05, 0) is 103 Å². The number of fused-ring (bicyclic) bond motifs is 12. The number of furan rings is 2. The molecule has 278 valence electrons. The van der Waals surface area contributed by atoms with Crippen LogP contribution in [0.2, 0.25) is 0 Å². The molecule has 0 atom stereocenters. The van der Waals surface area contributed by atoms with E-state index in [9.17, 15) is 0 Å². The van der Waals surface area contributed by atoms with Gasteiger partial charge in [-0.3, -0.25) is 0 Å². The van der Waals surface area contributed by atoms with Crippen molar-refractivity contribution in [3.63, 3.8) is 0 Å². The van der Waals surface area contributed by atoms with E-state index in [4.69, 9.17) is 23.8 Å². The summed E-state index contributed by atoms with van der Waals surface area (Å²) in [5, 5.41) is 13.4. The minimum absolute atomic E-state index is 0.576. The Kier molecular flexibility index (Phi) is 6.95. The van der Waals surface area contributed by atoms with Gasteiger partial charge in [0.2, 0.25) is 0 Å². The zero-order valence-electron chi connectivity index (χ0n) is 32.1. The number of aromatic nitrogens is 3. The van der Waals surface area contributed by atoms with Crippen LogP contribution in [-0.4, -0.2) is 15.0 Å². The standard InChI is InChI=1S/C55H31N3O2/c1-2-11-34-29-35(21-19-32(34)9-1)36-23-26-45-50(31-36)60-48-18-8-16-46(52(45)48)55-57-53(38-24-25-40-37(30-38)22-20-33-10-3-4-12-39(33)40)56-54(58-55)43-15-7-14-42-41(43)27-28-49-51(42)44-13-5-6-17-47(44)59-49/h1-31H. The molecule has 0 radical (unpaired) electrons. The van der Waals surface area contributed by atoms with Crippen molar-refractivity contribution >= 4 is 87.0 Å². The molecular formula is C55H31N3O2. The smallest absolute Gasteiger partial charge is 0.164 e. The molecule has 3 heterocycles. The van der Waals surface area contributed by atoms with Gasteiger partial charge >= 0.3 is 0 Å². The Morgan fingerprint density at radius 2 is 0.817 bits per heavy atom. The van der Waals surface area contributed by atoms with Crippen molar-refractivity contribution in [2.45, 2.75) is 0 Å². The lowest BCUT2D eigenvalue weighted by Crippen LogP contribution is -2.01. The summed E-state index contributed by atoms with van der Waals surface area (Å²) >= 11 is 0. The average Bonchev–Trinajstić information content (AvgIpc) is 3.89. The fourth-order valence-electron chi connectivity index (χ4n) is 9.24. The van der Waals surface area contributed by atoms with E-state index in [0.717, 1.165) is 87.9 Å². The Labute approximate surface area is 342 Å². The van der Waals surface area contributed by atoms with Gasteiger partial charge < -0.3 is 8.83 Å². The van der Waals surface area contributed by atoms with Crippen LogP contribution in [0.15, 0.2) is 197 Å². The monoisotopic (exact) mass is 765 g/mol. The molecule has 0 aliphatic rings. The summed E-state index contributed by atoms with van der Waals surface area (Å²) in [7, 11) is 0. The predicted octanol–water partition coefficient (Wildman–Crippen LogP) is 15.0. The minimum atomic E-state index is 0.576. The van der Waals surface area contributed by atoms with Crippen molar-refractivity contribution in [3.05, 3.63) is 188 Å². The highest BCUT2D eigenvalue weighted by Crippen LogP contribution is 2.41. The second-order valence-corrected chi connectivity index (χ2v) is 15.5. The molecule has 5 heteroatoms. The van der Waals surface area contributed by atoms with Crippen LogP contribution in [0.4, 0.5) is 0 Å². The topological polar surface area (TPSA) is 65.0 Å². The first-order chi connectivity index (χ1) is 29.7. The van der Waals surface area contributed by atoms with E-state index in [0.29, 0.717) is 17.5 Å². The number of hydrogen-bond acceptors (Lipinski definition) is 5. The summed E-state index contributed by atoms with van der Waals surface area (Å²) in [6, 6.07) is 65.8. The molecule has 13 rings (SSSR count). The largest absolute Gasteiger partial charge is 0.456 e. The van der Waals surface area contributed by atoms with Crippen LogP contribution >= 0.6 is 0 Å². The lowest BCUT2D eigenvalue weighted by molar-refractivity contribution is 0.669. The number of nitrogens with zero attached hydrogens (tertiary/aromatic N) is 3. The summed E-state index contributed by atoms with van der Waals surface area (Å²) in [6.45, 7) is 0. The van der Waals surface area contributed by atoms with E-state index in [1.54, 1.807) is 0 Å². The minimum Gasteiger partial charge on any atom is -0.456 e. The number of hydrogen-bond donors (Lipinski definition) is 0. The predicted molar refractivity (Wildman–Crippen MR) is 246 cm³/mol. The Hall–Kier alpha value is -8.15. The second kappa shape index (κ2) is 12.7. The van der Waals surface area contributed by atoms with E-state index < -0.39 is 0 Å². The van der Waals surface area contributed by atoms with Crippen molar-refractivity contribution in [1.82, 2.24) is 15.0 Å². The second-order valence-electron chi connectivity index (χ2n) is 15.5. The fourth-order valence-corrected chi connectivity index (χ4v) is 9.24. The highest BCUT2D eigenvalue weighted by Gasteiger charge is 2.21. The molecule has 0 fully saturated rings. The molecule has 60 heavy (non-hydrogen) atoms. The molecule has 0 amide bonds. The van der Waals surface area contributed by atoms with Crippen LogP contribution < -0.4 is 0 Å². The van der Waals surface area contributed by atoms with E-state index in [-0.39, 0.29) is 0 Å². The van der Waals surface area contributed by atoms with E-state index in [2.05, 4.69) is 164 Å². The Morgan fingerprint density at radius 3 is 1.75 bits per heavy atom. The first-order valence-corrected chi connectivity index (χ1v) is 20.2. The summed E-state index contributed by atoms with van der Waals surface area (Å²) in [5.41, 5.74) is 8.25. The van der Waals surface area contributed by atoms with Crippen molar-refractivity contribution in [2.75, 3.05) is 0 Å². The van der Waals surface area contributed by atoms with Gasteiger partial charge in [-0.2, -0.15) is 0 Å². The summed E-state index contributed by atoms with van der Waals surface area (Å²) in [4.78, 5) is 15.9. The fraction of sp³-hybridized carbons (Fsp3) is 0. The van der Waals surface area contributed by atoms with Crippen LogP contribution in [0, 0.1) is 0 Å². The lowest BCUT2D eigenvalue weighted by atomic mass is 9.98. The normalized spacial score (nSPS) is 12.0. The van der Waals surface area contributed by atoms with Crippen molar-refractivity contribution < 1.29 is 8.83 Å². The quantitative estimate of drug-likeness (QED) is 0.167. The van der Waals surface area contributed by atoms with Crippen LogP contribution in [0.25, 0.3) is 132 Å². The third kappa shape index (κ3) is 5.03. The third-order valence-corrected chi connectivity index (χ3v) is 12.1. The van der Waals surface area contributed by atoms with Crippen molar-refractivity contribution in [3.8, 4) is 45.3 Å². The van der Waals surface area contributed by atoms with Crippen LogP contribution in [0.5, 0.6) is 0 Å². The zero-order chi connectivity index (χ0) is 39.3. The maximum absolute atomic E-state index is 6.62. The van der Waals surface area contributed by atoms with Gasteiger partial charge in [0.25, 0.3) is 0 Å². The van der Waals surface area contributed by atoms with Crippen LogP contribution in [0.1, 0.15) is 0 Å². The molecular weight excluding hydrogens is 735 g/mol. The molecule has 0 saturated carbocycles. The Bertz CT molecular complexity index is 3910. The maximum Gasteiger partial charge on any atom is 0.164 e. The average molecular weight is 766 g/mol. The van der Waals surface area contributed by atoms with Gasteiger partial charge in [0.05, 0.1) is 0 Å². The summed E-state index contributed by atoms with van der Waals surface area (Å²) in [5.74, 6) is 1.77. The molecule has 0 bridgehead atoms. The van der Waals surface area contributed by atoms with Gasteiger partial charge in [-0.15, -0.1) is 0 Å². The highest BCUT2D eigenvalue weighted by molar-refractivity contribution is 6.21. The third-order valence-electron chi connectivity index (χ3n) is 12.1. The Balaban J connectivity index is 1.03. The van der Waals surface area contributed by atoms with Gasteiger partial charge in [0.15, 0.2) is 17.5 Å². The van der Waals surface area contributed by atoms with Gasteiger partial charge in [-0.25, -0.2) is 15.0 Å². The highest BCUT2D eigenvalue weighted by atomic mass is 16.3. The molecule has 10 aromatic carbocycles. The van der Waals surface area contributed by atoms with E-state index >= 15 is 0 Å². The van der Waals surface area contributed by atoms with E-state index in [1.807, 2.05) is 24.3 Å².